The molecule has 126 valence electrons. The summed E-state index contributed by atoms with van der Waals surface area (Å²) in [7, 11) is 3.26. The van der Waals surface area contributed by atoms with Crippen molar-refractivity contribution in [1.29, 1.82) is 0 Å². The van der Waals surface area contributed by atoms with Crippen LogP contribution in [0.5, 0.6) is 11.5 Å². The number of methoxy groups -OCH3 is 2. The van der Waals surface area contributed by atoms with Crippen molar-refractivity contribution in [2.75, 3.05) is 40.4 Å². The predicted octanol–water partition coefficient (Wildman–Crippen LogP) is 1.70. The van der Waals surface area contributed by atoms with Gasteiger partial charge in [-0.2, -0.15) is 0 Å². The van der Waals surface area contributed by atoms with Crippen molar-refractivity contribution in [3.63, 3.8) is 0 Å². The van der Waals surface area contributed by atoms with E-state index < -0.39 is 0 Å². The second-order valence-corrected chi connectivity index (χ2v) is 6.45. The van der Waals surface area contributed by atoms with E-state index in [1.807, 2.05) is 23.1 Å². The molecule has 2 fully saturated rings. The van der Waals surface area contributed by atoms with E-state index in [1.54, 1.807) is 14.2 Å². The van der Waals surface area contributed by atoms with E-state index in [2.05, 4.69) is 5.32 Å². The number of amides is 1. The van der Waals surface area contributed by atoms with Gasteiger partial charge in [-0.25, -0.2) is 0 Å². The van der Waals surface area contributed by atoms with E-state index in [0.29, 0.717) is 17.9 Å². The maximum absolute atomic E-state index is 12.8. The van der Waals surface area contributed by atoms with Crippen LogP contribution in [-0.4, -0.2) is 51.2 Å². The molecule has 1 N–H and O–H groups in total. The van der Waals surface area contributed by atoms with Crippen molar-refractivity contribution in [2.45, 2.75) is 19.3 Å². The number of carbonyl (C=O) groups excluding carboxylic acids is 1. The number of ether oxygens (including phenoxy) is 2. The van der Waals surface area contributed by atoms with Gasteiger partial charge in [0.25, 0.3) is 0 Å². The molecule has 1 aromatic rings. The van der Waals surface area contributed by atoms with Gasteiger partial charge in [0.15, 0.2) is 0 Å². The molecular weight excluding hydrogens is 292 g/mol. The average molecular weight is 318 g/mol. The molecule has 0 aliphatic carbocycles. The standard InChI is InChI=1S/C18H26N2O3/c1-22-16-4-3-5-17(23-2)15(16)10-18(21)20-8-6-13-11-19-12-14(13)7-9-20/h3-5,13-14,19H,6-12H2,1-2H3/t13-,14+. The van der Waals surface area contributed by atoms with Crippen LogP contribution in [0, 0.1) is 11.8 Å². The van der Waals surface area contributed by atoms with Crippen LogP contribution in [0.15, 0.2) is 18.2 Å². The normalized spacial score (nSPS) is 24.0. The van der Waals surface area contributed by atoms with E-state index in [-0.39, 0.29) is 5.91 Å². The fraction of sp³-hybridized carbons (Fsp3) is 0.611. The van der Waals surface area contributed by atoms with Crippen LogP contribution in [0.25, 0.3) is 0 Å². The molecule has 2 aliphatic heterocycles. The molecule has 0 radical (unpaired) electrons. The monoisotopic (exact) mass is 318 g/mol. The lowest BCUT2D eigenvalue weighted by Gasteiger charge is -2.22. The van der Waals surface area contributed by atoms with Gasteiger partial charge in [-0.3, -0.25) is 4.79 Å². The van der Waals surface area contributed by atoms with Crippen LogP contribution < -0.4 is 14.8 Å². The van der Waals surface area contributed by atoms with Crippen molar-refractivity contribution in [3.05, 3.63) is 23.8 Å². The number of hydrogen-bond acceptors (Lipinski definition) is 4. The molecule has 0 unspecified atom stereocenters. The largest absolute Gasteiger partial charge is 0.496 e. The first-order chi connectivity index (χ1) is 11.2. The lowest BCUT2D eigenvalue weighted by molar-refractivity contribution is -0.130. The number of benzene rings is 1. The molecule has 5 nitrogen and oxygen atoms in total. The molecule has 1 amide bonds. The Morgan fingerprint density at radius 2 is 1.70 bits per heavy atom. The van der Waals surface area contributed by atoms with Crippen LogP contribution >= 0.6 is 0 Å². The van der Waals surface area contributed by atoms with Crippen molar-refractivity contribution in [3.8, 4) is 11.5 Å². The second-order valence-electron chi connectivity index (χ2n) is 6.45. The van der Waals surface area contributed by atoms with Gasteiger partial charge < -0.3 is 19.7 Å². The maximum atomic E-state index is 12.8. The molecule has 3 rings (SSSR count). The minimum absolute atomic E-state index is 0.167. The molecule has 2 saturated heterocycles. The number of hydrogen-bond donors (Lipinski definition) is 1. The van der Waals surface area contributed by atoms with Crippen LogP contribution in [0.4, 0.5) is 0 Å². The minimum Gasteiger partial charge on any atom is -0.496 e. The number of fused-ring (bicyclic) bond motifs is 1. The Balaban J connectivity index is 1.69. The molecular formula is C18H26N2O3. The maximum Gasteiger partial charge on any atom is 0.227 e. The molecule has 2 atom stereocenters. The topological polar surface area (TPSA) is 50.8 Å². The Labute approximate surface area is 137 Å². The zero-order valence-corrected chi connectivity index (χ0v) is 14.0. The molecule has 0 spiro atoms. The molecule has 2 heterocycles. The predicted molar refractivity (Wildman–Crippen MR) is 88.9 cm³/mol. The fourth-order valence-corrected chi connectivity index (χ4v) is 3.83. The van der Waals surface area contributed by atoms with Crippen molar-refractivity contribution >= 4 is 5.91 Å². The summed E-state index contributed by atoms with van der Waals surface area (Å²) in [6.07, 6.45) is 2.54. The van der Waals surface area contributed by atoms with E-state index in [0.717, 1.165) is 56.4 Å². The van der Waals surface area contributed by atoms with Crippen LogP contribution in [0.3, 0.4) is 0 Å². The van der Waals surface area contributed by atoms with E-state index in [1.165, 1.54) is 0 Å². The number of rotatable bonds is 4. The molecule has 5 heteroatoms. The van der Waals surface area contributed by atoms with Gasteiger partial charge >= 0.3 is 0 Å². The highest BCUT2D eigenvalue weighted by molar-refractivity contribution is 5.80. The van der Waals surface area contributed by atoms with Crippen molar-refractivity contribution in [1.82, 2.24) is 10.2 Å². The third-order valence-electron chi connectivity index (χ3n) is 5.23. The summed E-state index contributed by atoms with van der Waals surface area (Å²) in [6, 6.07) is 5.64. The quantitative estimate of drug-likeness (QED) is 0.918. The van der Waals surface area contributed by atoms with Crippen LogP contribution in [-0.2, 0) is 11.2 Å². The first kappa shape index (κ1) is 16.1. The Morgan fingerprint density at radius 3 is 2.22 bits per heavy atom. The second kappa shape index (κ2) is 7.21. The van der Waals surface area contributed by atoms with Crippen molar-refractivity contribution < 1.29 is 14.3 Å². The third-order valence-corrected chi connectivity index (χ3v) is 5.23. The van der Waals surface area contributed by atoms with E-state index in [9.17, 15) is 4.79 Å². The summed E-state index contributed by atoms with van der Waals surface area (Å²) in [4.78, 5) is 14.8. The third kappa shape index (κ3) is 3.44. The first-order valence-corrected chi connectivity index (χ1v) is 8.41. The summed E-state index contributed by atoms with van der Waals surface area (Å²) >= 11 is 0. The number of carbonyl (C=O) groups is 1. The minimum atomic E-state index is 0.167. The Kier molecular flexibility index (Phi) is 5.06. The fourth-order valence-electron chi connectivity index (χ4n) is 3.83. The van der Waals surface area contributed by atoms with Crippen molar-refractivity contribution in [2.24, 2.45) is 11.8 Å². The average Bonchev–Trinajstić information content (AvgIpc) is 2.93. The number of likely N-dealkylation sites (tertiary alicyclic amines) is 1. The summed E-state index contributed by atoms with van der Waals surface area (Å²) < 4.78 is 10.8. The van der Waals surface area contributed by atoms with E-state index in [4.69, 9.17) is 9.47 Å². The van der Waals surface area contributed by atoms with Gasteiger partial charge in [0.05, 0.1) is 20.6 Å². The van der Waals surface area contributed by atoms with E-state index >= 15 is 0 Å². The summed E-state index contributed by atoms with van der Waals surface area (Å²) in [5.41, 5.74) is 0.841. The Morgan fingerprint density at radius 1 is 1.13 bits per heavy atom. The first-order valence-electron chi connectivity index (χ1n) is 8.41. The van der Waals surface area contributed by atoms with Crippen LogP contribution in [0.2, 0.25) is 0 Å². The SMILES string of the molecule is COc1cccc(OC)c1CC(=O)N1CC[C@@H]2CNC[C@@H]2CC1. The highest BCUT2D eigenvalue weighted by Crippen LogP contribution is 2.31. The number of nitrogens with one attached hydrogen (secondary N) is 1. The molecule has 0 aromatic heterocycles. The summed E-state index contributed by atoms with van der Waals surface area (Å²) in [5, 5.41) is 3.47. The zero-order chi connectivity index (χ0) is 16.2. The molecule has 1 aromatic carbocycles. The Bertz CT molecular complexity index is 525. The molecule has 0 saturated carbocycles. The number of nitrogens with zero attached hydrogens (tertiary/aromatic N) is 1. The van der Waals surface area contributed by atoms with Gasteiger partial charge in [-0.1, -0.05) is 6.07 Å². The van der Waals surface area contributed by atoms with Gasteiger partial charge in [0.2, 0.25) is 5.91 Å². The molecule has 23 heavy (non-hydrogen) atoms. The Hall–Kier alpha value is -1.75. The van der Waals surface area contributed by atoms with Gasteiger partial charge in [-0.15, -0.1) is 0 Å². The van der Waals surface area contributed by atoms with Gasteiger partial charge in [0.1, 0.15) is 11.5 Å². The summed E-state index contributed by atoms with van der Waals surface area (Å²) in [6.45, 7) is 3.93. The van der Waals surface area contributed by atoms with Crippen LogP contribution in [0.1, 0.15) is 18.4 Å². The van der Waals surface area contributed by atoms with Gasteiger partial charge in [0, 0.05) is 18.7 Å². The lowest BCUT2D eigenvalue weighted by Crippen LogP contribution is -2.34. The van der Waals surface area contributed by atoms with Gasteiger partial charge in [-0.05, 0) is 49.9 Å². The highest BCUT2D eigenvalue weighted by Gasteiger charge is 2.31. The smallest absolute Gasteiger partial charge is 0.227 e. The highest BCUT2D eigenvalue weighted by atomic mass is 16.5. The molecule has 2 aliphatic rings. The lowest BCUT2D eigenvalue weighted by atomic mass is 9.92. The summed E-state index contributed by atoms with van der Waals surface area (Å²) in [5.74, 6) is 3.06. The zero-order valence-electron chi connectivity index (χ0n) is 14.0. The molecule has 0 bridgehead atoms.